The molecule has 4 heteroatoms. The van der Waals surface area contributed by atoms with E-state index in [1.807, 2.05) is 37.4 Å². The fourth-order valence-corrected chi connectivity index (χ4v) is 3.16. The number of hydrogen-bond acceptors (Lipinski definition) is 2. The Bertz CT molecular complexity index is 622. The zero-order valence-corrected chi connectivity index (χ0v) is 12.6. The van der Waals surface area contributed by atoms with Gasteiger partial charge in [-0.25, -0.2) is 0 Å². The lowest BCUT2D eigenvalue weighted by Gasteiger charge is -2.28. The van der Waals surface area contributed by atoms with Gasteiger partial charge >= 0.3 is 0 Å². The summed E-state index contributed by atoms with van der Waals surface area (Å²) >= 11 is 12.6. The van der Waals surface area contributed by atoms with Crippen LogP contribution in [-0.4, -0.2) is 13.3 Å². The molecule has 1 aliphatic heterocycles. The third-order valence-electron chi connectivity index (χ3n) is 3.59. The van der Waals surface area contributed by atoms with Crippen LogP contribution in [0.25, 0.3) is 11.1 Å². The zero-order chi connectivity index (χ0) is 14.1. The average Bonchev–Trinajstić information content (AvgIpc) is 2.47. The fourth-order valence-electron chi connectivity index (χ4n) is 2.56. The molecule has 0 aliphatic carbocycles. The number of ether oxygens (including phenoxy) is 1. The van der Waals surface area contributed by atoms with E-state index in [-0.39, 0.29) is 6.23 Å². The summed E-state index contributed by atoms with van der Waals surface area (Å²) < 4.78 is 6.05. The predicted octanol–water partition coefficient (Wildman–Crippen LogP) is 4.53. The van der Waals surface area contributed by atoms with Gasteiger partial charge in [-0.3, -0.25) is 5.32 Å². The average molecular weight is 308 g/mol. The van der Waals surface area contributed by atoms with E-state index in [1.54, 1.807) is 0 Å². The lowest BCUT2D eigenvalue weighted by atomic mass is 9.97. The number of nitrogens with one attached hydrogen (secondary N) is 1. The maximum atomic E-state index is 6.32. The van der Waals surface area contributed by atoms with E-state index in [0.29, 0.717) is 10.0 Å². The minimum absolute atomic E-state index is 0.0323. The molecule has 0 saturated carbocycles. The second kappa shape index (κ2) is 5.65. The van der Waals surface area contributed by atoms with Gasteiger partial charge in [-0.1, -0.05) is 47.5 Å². The van der Waals surface area contributed by atoms with Gasteiger partial charge in [0.15, 0.2) is 0 Å². The molecule has 2 aromatic carbocycles. The molecular weight excluding hydrogens is 293 g/mol. The zero-order valence-electron chi connectivity index (χ0n) is 11.1. The molecule has 0 radical (unpaired) electrons. The lowest BCUT2D eigenvalue weighted by Crippen LogP contribution is -2.34. The first-order valence-electron chi connectivity index (χ1n) is 6.61. The molecule has 1 heterocycles. The molecule has 1 unspecified atom stereocenters. The van der Waals surface area contributed by atoms with Crippen LogP contribution in [0.15, 0.2) is 36.4 Å². The molecule has 1 atom stereocenters. The van der Waals surface area contributed by atoms with Crippen molar-refractivity contribution in [2.24, 2.45) is 0 Å². The molecule has 0 spiro atoms. The first-order chi connectivity index (χ1) is 9.70. The molecule has 20 heavy (non-hydrogen) atoms. The van der Waals surface area contributed by atoms with Crippen molar-refractivity contribution >= 4 is 23.2 Å². The van der Waals surface area contributed by atoms with Gasteiger partial charge in [0, 0.05) is 17.5 Å². The van der Waals surface area contributed by atoms with Crippen LogP contribution in [0.4, 0.5) is 0 Å². The molecule has 2 nitrogen and oxygen atoms in total. The molecule has 0 aromatic heterocycles. The Labute approximate surface area is 128 Å². The third-order valence-corrected chi connectivity index (χ3v) is 4.22. The molecule has 104 valence electrons. The van der Waals surface area contributed by atoms with Crippen LogP contribution in [0.2, 0.25) is 10.0 Å². The standard InChI is InChI=1S/C16H15Cl2NO/c1-19-14-9-8-10-4-2-5-11(16(10)20-14)15-12(17)6-3-7-13(15)18/h2-7,14,19H,8-9H2,1H3. The van der Waals surface area contributed by atoms with Gasteiger partial charge in [-0.05, 0) is 31.2 Å². The van der Waals surface area contributed by atoms with E-state index in [4.69, 9.17) is 27.9 Å². The highest BCUT2D eigenvalue weighted by Gasteiger charge is 2.23. The molecule has 0 amide bonds. The van der Waals surface area contributed by atoms with Crippen LogP contribution in [0.1, 0.15) is 12.0 Å². The number of aryl methyl sites for hydroxylation is 1. The minimum Gasteiger partial charge on any atom is -0.474 e. The Morgan fingerprint density at radius 1 is 1.10 bits per heavy atom. The number of benzene rings is 2. The van der Waals surface area contributed by atoms with E-state index >= 15 is 0 Å². The highest BCUT2D eigenvalue weighted by molar-refractivity contribution is 6.39. The van der Waals surface area contributed by atoms with Gasteiger partial charge in [0.25, 0.3) is 0 Å². The van der Waals surface area contributed by atoms with Crippen molar-refractivity contribution in [2.45, 2.75) is 19.1 Å². The van der Waals surface area contributed by atoms with Crippen molar-refractivity contribution < 1.29 is 4.74 Å². The van der Waals surface area contributed by atoms with Gasteiger partial charge in [-0.15, -0.1) is 0 Å². The molecule has 3 rings (SSSR count). The Balaban J connectivity index is 2.16. The number of rotatable bonds is 2. The number of para-hydroxylation sites is 1. The van der Waals surface area contributed by atoms with E-state index < -0.39 is 0 Å². The lowest BCUT2D eigenvalue weighted by molar-refractivity contribution is 0.148. The second-order valence-corrected chi connectivity index (χ2v) is 5.64. The Kier molecular flexibility index (Phi) is 3.88. The molecule has 2 aromatic rings. The largest absolute Gasteiger partial charge is 0.474 e. The van der Waals surface area contributed by atoms with Crippen LogP contribution in [-0.2, 0) is 6.42 Å². The van der Waals surface area contributed by atoms with Gasteiger partial charge in [0.05, 0.1) is 10.0 Å². The summed E-state index contributed by atoms with van der Waals surface area (Å²) in [5, 5.41) is 4.44. The van der Waals surface area contributed by atoms with Gasteiger partial charge < -0.3 is 4.74 Å². The highest BCUT2D eigenvalue weighted by Crippen LogP contribution is 2.43. The van der Waals surface area contributed by atoms with Crippen molar-refractivity contribution in [3.8, 4) is 16.9 Å². The summed E-state index contributed by atoms with van der Waals surface area (Å²) in [5.41, 5.74) is 2.99. The predicted molar refractivity (Wildman–Crippen MR) is 83.7 cm³/mol. The Morgan fingerprint density at radius 2 is 1.80 bits per heavy atom. The Hall–Kier alpha value is -1.22. The smallest absolute Gasteiger partial charge is 0.150 e. The molecule has 0 saturated heterocycles. The van der Waals surface area contributed by atoms with E-state index in [1.165, 1.54) is 5.56 Å². The van der Waals surface area contributed by atoms with Crippen molar-refractivity contribution in [1.82, 2.24) is 5.32 Å². The summed E-state index contributed by atoms with van der Waals surface area (Å²) in [5.74, 6) is 0.883. The van der Waals surface area contributed by atoms with Crippen molar-refractivity contribution in [1.29, 1.82) is 0 Å². The molecule has 1 N–H and O–H groups in total. The molecule has 0 bridgehead atoms. The molecular formula is C16H15Cl2NO. The SMILES string of the molecule is CNC1CCc2cccc(-c3c(Cl)cccc3Cl)c2O1. The molecule has 0 fully saturated rings. The maximum absolute atomic E-state index is 6.32. The summed E-state index contributed by atoms with van der Waals surface area (Å²) in [7, 11) is 1.90. The number of halogens is 2. The summed E-state index contributed by atoms with van der Waals surface area (Å²) in [6, 6.07) is 11.7. The van der Waals surface area contributed by atoms with Crippen LogP contribution in [0.5, 0.6) is 5.75 Å². The van der Waals surface area contributed by atoms with Crippen molar-refractivity contribution in [3.63, 3.8) is 0 Å². The maximum Gasteiger partial charge on any atom is 0.150 e. The van der Waals surface area contributed by atoms with E-state index in [2.05, 4.69) is 11.4 Å². The van der Waals surface area contributed by atoms with Gasteiger partial charge in [-0.2, -0.15) is 0 Å². The number of fused-ring (bicyclic) bond motifs is 1. The van der Waals surface area contributed by atoms with Gasteiger partial charge in [0.2, 0.25) is 0 Å². The van der Waals surface area contributed by atoms with Crippen molar-refractivity contribution in [2.75, 3.05) is 7.05 Å². The van der Waals surface area contributed by atoms with Gasteiger partial charge in [0.1, 0.15) is 12.0 Å². The first kappa shape index (κ1) is 13.7. The topological polar surface area (TPSA) is 21.3 Å². The normalized spacial score (nSPS) is 17.4. The highest BCUT2D eigenvalue weighted by atomic mass is 35.5. The second-order valence-electron chi connectivity index (χ2n) is 4.82. The Morgan fingerprint density at radius 3 is 2.50 bits per heavy atom. The minimum atomic E-state index is 0.0323. The molecule has 1 aliphatic rings. The van der Waals surface area contributed by atoms with Crippen LogP contribution in [0, 0.1) is 0 Å². The van der Waals surface area contributed by atoms with Crippen LogP contribution in [0.3, 0.4) is 0 Å². The third kappa shape index (κ3) is 2.39. The number of hydrogen-bond donors (Lipinski definition) is 1. The van der Waals surface area contributed by atoms with Crippen LogP contribution < -0.4 is 10.1 Å². The fraction of sp³-hybridized carbons (Fsp3) is 0.250. The summed E-state index contributed by atoms with van der Waals surface area (Å²) in [6.45, 7) is 0. The first-order valence-corrected chi connectivity index (χ1v) is 7.36. The van der Waals surface area contributed by atoms with Crippen molar-refractivity contribution in [3.05, 3.63) is 52.0 Å². The monoisotopic (exact) mass is 307 g/mol. The van der Waals surface area contributed by atoms with E-state index in [9.17, 15) is 0 Å². The summed E-state index contributed by atoms with van der Waals surface area (Å²) in [4.78, 5) is 0. The van der Waals surface area contributed by atoms with Crippen LogP contribution >= 0.6 is 23.2 Å². The summed E-state index contributed by atoms with van der Waals surface area (Å²) in [6.07, 6.45) is 1.98. The quantitative estimate of drug-likeness (QED) is 0.880. The van der Waals surface area contributed by atoms with E-state index in [0.717, 1.165) is 29.7 Å².